The molecule has 6 heteroatoms. The molecule has 0 amide bonds. The van der Waals surface area contributed by atoms with E-state index in [9.17, 15) is 14.5 Å². The van der Waals surface area contributed by atoms with E-state index in [1.54, 1.807) is 0 Å². The Bertz CT molecular complexity index is 284. The Morgan fingerprint density at radius 2 is 2.36 bits per heavy atom. The summed E-state index contributed by atoms with van der Waals surface area (Å²) in [5.41, 5.74) is -0.783. The first-order valence-corrected chi connectivity index (χ1v) is 2.95. The van der Waals surface area contributed by atoms with Crippen molar-refractivity contribution < 1.29 is 9.31 Å². The molecule has 0 saturated heterocycles. The summed E-state index contributed by atoms with van der Waals surface area (Å²) in [7, 11) is 0. The second kappa shape index (κ2) is 2.79. The predicted molar refractivity (Wildman–Crippen MR) is 35.9 cm³/mol. The van der Waals surface area contributed by atoms with E-state index in [2.05, 4.69) is 4.98 Å². The summed E-state index contributed by atoms with van der Waals surface area (Å²) in [6.07, 6.45) is 1.06. The minimum atomic E-state index is -0.977. The zero-order valence-electron chi connectivity index (χ0n) is 5.12. The molecule has 0 aliphatic heterocycles. The van der Waals surface area contributed by atoms with Crippen LogP contribution in [0, 0.1) is 15.9 Å². The van der Waals surface area contributed by atoms with E-state index in [0.717, 1.165) is 12.3 Å². The molecule has 4 nitrogen and oxygen atoms in total. The Labute approximate surface area is 65.8 Å². The van der Waals surface area contributed by atoms with Gasteiger partial charge in [-0.15, -0.1) is 0 Å². The quantitative estimate of drug-likeness (QED) is 0.372. The molecule has 0 radical (unpaired) electrons. The lowest BCUT2D eigenvalue weighted by atomic mass is 10.4. The first-order valence-electron chi connectivity index (χ1n) is 2.57. The van der Waals surface area contributed by atoms with Crippen molar-refractivity contribution in [2.45, 2.75) is 0 Å². The molecule has 0 atom stereocenters. The average Bonchev–Trinajstić information content (AvgIpc) is 1.85. The van der Waals surface area contributed by atoms with Gasteiger partial charge < -0.3 is 0 Å². The highest BCUT2D eigenvalue weighted by Crippen LogP contribution is 2.23. The van der Waals surface area contributed by atoms with Crippen molar-refractivity contribution >= 4 is 17.3 Å². The molecule has 58 valence electrons. The topological polar surface area (TPSA) is 56.0 Å². The zero-order chi connectivity index (χ0) is 8.43. The van der Waals surface area contributed by atoms with E-state index >= 15 is 0 Å². The van der Waals surface area contributed by atoms with Crippen molar-refractivity contribution in [3.05, 3.63) is 33.3 Å². The van der Waals surface area contributed by atoms with Crippen molar-refractivity contribution in [1.29, 1.82) is 0 Å². The Morgan fingerprint density at radius 3 is 2.73 bits per heavy atom. The molecule has 0 aliphatic carbocycles. The van der Waals surface area contributed by atoms with Gasteiger partial charge in [0.1, 0.15) is 0 Å². The largest absolute Gasteiger partial charge is 0.341 e. The maximum atomic E-state index is 12.5. The van der Waals surface area contributed by atoms with Gasteiger partial charge in [0.15, 0.2) is 0 Å². The number of pyridine rings is 1. The fraction of sp³-hybridized carbons (Fsp3) is 0. The maximum Gasteiger partial charge on any atom is 0.341 e. The van der Waals surface area contributed by atoms with Crippen LogP contribution in [0.25, 0.3) is 0 Å². The van der Waals surface area contributed by atoms with Gasteiger partial charge in [0.2, 0.25) is 11.0 Å². The number of hydrogen-bond donors (Lipinski definition) is 0. The van der Waals surface area contributed by atoms with Gasteiger partial charge in [0.25, 0.3) is 0 Å². The monoisotopic (exact) mass is 176 g/mol. The van der Waals surface area contributed by atoms with Crippen molar-refractivity contribution in [1.82, 2.24) is 4.98 Å². The number of rotatable bonds is 1. The molecule has 1 heterocycles. The van der Waals surface area contributed by atoms with Crippen LogP contribution in [0.2, 0.25) is 5.15 Å². The molecular weight excluding hydrogens is 175 g/mol. The van der Waals surface area contributed by atoms with Gasteiger partial charge in [-0.25, -0.2) is 4.98 Å². The molecule has 1 aromatic heterocycles. The summed E-state index contributed by atoms with van der Waals surface area (Å²) in [6, 6.07) is 0.879. The summed E-state index contributed by atoms with van der Waals surface area (Å²) < 4.78 is 12.5. The van der Waals surface area contributed by atoms with Gasteiger partial charge in [0, 0.05) is 6.20 Å². The minimum Gasteiger partial charge on any atom is -0.258 e. The van der Waals surface area contributed by atoms with Crippen molar-refractivity contribution in [3.8, 4) is 0 Å². The summed E-state index contributed by atoms with van der Waals surface area (Å²) in [6.45, 7) is 0. The van der Waals surface area contributed by atoms with Crippen molar-refractivity contribution in [3.63, 3.8) is 0 Å². The van der Waals surface area contributed by atoms with E-state index in [1.165, 1.54) is 0 Å². The van der Waals surface area contributed by atoms with E-state index < -0.39 is 21.6 Å². The average molecular weight is 177 g/mol. The molecule has 0 bridgehead atoms. The van der Waals surface area contributed by atoms with Crippen LogP contribution >= 0.6 is 11.6 Å². The van der Waals surface area contributed by atoms with Gasteiger partial charge >= 0.3 is 5.69 Å². The molecule has 0 aliphatic rings. The van der Waals surface area contributed by atoms with Gasteiger partial charge in [-0.2, -0.15) is 4.39 Å². The third-order valence-corrected chi connectivity index (χ3v) is 1.29. The highest BCUT2D eigenvalue weighted by atomic mass is 35.5. The van der Waals surface area contributed by atoms with E-state index in [4.69, 9.17) is 11.6 Å². The number of nitrogens with zero attached hydrogens (tertiary/aromatic N) is 2. The molecule has 11 heavy (non-hydrogen) atoms. The van der Waals surface area contributed by atoms with E-state index in [0.29, 0.717) is 0 Å². The molecule has 0 aromatic carbocycles. The summed E-state index contributed by atoms with van der Waals surface area (Å²) >= 11 is 5.23. The fourth-order valence-electron chi connectivity index (χ4n) is 0.569. The fourth-order valence-corrected chi connectivity index (χ4v) is 0.785. The van der Waals surface area contributed by atoms with Crippen LogP contribution in [0.3, 0.4) is 0 Å². The minimum absolute atomic E-state index is 0.435. The summed E-state index contributed by atoms with van der Waals surface area (Å²) in [5, 5.41) is 9.65. The van der Waals surface area contributed by atoms with Gasteiger partial charge in [-0.05, 0) is 6.07 Å². The normalized spacial score (nSPS) is 9.64. The standard InChI is InChI=1S/C5H2ClFN2O2/c6-5-4(9(10)11)3(7)1-2-8-5/h1-2H. The lowest BCUT2D eigenvalue weighted by Gasteiger charge is -1.93. The van der Waals surface area contributed by atoms with Crippen LogP contribution in [-0.2, 0) is 0 Å². The highest BCUT2D eigenvalue weighted by molar-refractivity contribution is 6.31. The molecule has 1 rings (SSSR count). The van der Waals surface area contributed by atoms with E-state index in [-0.39, 0.29) is 0 Å². The van der Waals surface area contributed by atoms with Gasteiger partial charge in [-0.3, -0.25) is 10.1 Å². The highest BCUT2D eigenvalue weighted by Gasteiger charge is 2.19. The van der Waals surface area contributed by atoms with Crippen LogP contribution in [0.4, 0.5) is 10.1 Å². The van der Waals surface area contributed by atoms with Crippen LogP contribution in [-0.4, -0.2) is 9.91 Å². The number of hydrogen-bond acceptors (Lipinski definition) is 3. The maximum absolute atomic E-state index is 12.5. The second-order valence-corrected chi connectivity index (χ2v) is 2.05. The lowest BCUT2D eigenvalue weighted by Crippen LogP contribution is -1.94. The van der Waals surface area contributed by atoms with Crippen LogP contribution < -0.4 is 0 Å². The summed E-state index contributed by atoms with van der Waals surface area (Å²) in [4.78, 5) is 12.5. The second-order valence-electron chi connectivity index (χ2n) is 1.69. The van der Waals surface area contributed by atoms with Crippen LogP contribution in [0.15, 0.2) is 12.3 Å². The molecule has 1 aromatic rings. The summed E-state index contributed by atoms with van der Waals surface area (Å²) in [5.74, 6) is -0.977. The number of aromatic nitrogens is 1. The SMILES string of the molecule is O=[N+]([O-])c1c(F)ccnc1Cl. The molecule has 0 unspecified atom stereocenters. The Morgan fingerprint density at radius 1 is 1.73 bits per heavy atom. The zero-order valence-corrected chi connectivity index (χ0v) is 5.88. The predicted octanol–water partition coefficient (Wildman–Crippen LogP) is 1.78. The number of nitro groups is 1. The Kier molecular flexibility index (Phi) is 2.00. The van der Waals surface area contributed by atoms with Crippen LogP contribution in [0.1, 0.15) is 0 Å². The first-order chi connectivity index (χ1) is 5.13. The third-order valence-electron chi connectivity index (χ3n) is 1.01. The Balaban J connectivity index is 3.32. The van der Waals surface area contributed by atoms with E-state index in [1.807, 2.05) is 0 Å². The smallest absolute Gasteiger partial charge is 0.258 e. The number of halogens is 2. The Hall–Kier alpha value is -1.23. The van der Waals surface area contributed by atoms with Crippen LogP contribution in [0.5, 0.6) is 0 Å². The molecule has 0 saturated carbocycles. The third kappa shape index (κ3) is 1.43. The van der Waals surface area contributed by atoms with Gasteiger partial charge in [0.05, 0.1) is 4.92 Å². The molecule has 0 spiro atoms. The van der Waals surface area contributed by atoms with Crippen molar-refractivity contribution in [2.24, 2.45) is 0 Å². The molecule has 0 N–H and O–H groups in total. The van der Waals surface area contributed by atoms with Crippen molar-refractivity contribution in [2.75, 3.05) is 0 Å². The van der Waals surface area contributed by atoms with Gasteiger partial charge in [-0.1, -0.05) is 11.6 Å². The first kappa shape index (κ1) is 7.87. The molecular formula is C5H2ClFN2O2. The molecule has 0 fully saturated rings. The lowest BCUT2D eigenvalue weighted by molar-refractivity contribution is -0.387.